The van der Waals surface area contributed by atoms with Crippen molar-refractivity contribution in [1.82, 2.24) is 14.4 Å². The highest BCUT2D eigenvalue weighted by molar-refractivity contribution is 6.30. The summed E-state index contributed by atoms with van der Waals surface area (Å²) >= 11 is 5.54. The van der Waals surface area contributed by atoms with Crippen LogP contribution in [0.15, 0.2) is 67.1 Å². The van der Waals surface area contributed by atoms with Crippen LogP contribution in [0.3, 0.4) is 0 Å². The number of fused-ring (bicyclic) bond motifs is 1. The fourth-order valence-corrected chi connectivity index (χ4v) is 4.48. The van der Waals surface area contributed by atoms with Crippen molar-refractivity contribution in [3.05, 3.63) is 83.4 Å². The summed E-state index contributed by atoms with van der Waals surface area (Å²) in [7, 11) is 0. The Bertz CT molecular complexity index is 1410. The highest BCUT2D eigenvalue weighted by Crippen LogP contribution is 2.41. The molecule has 3 aromatic heterocycles. The maximum absolute atomic E-state index is 12.0. The number of nitrogens with zero attached hydrogens (tertiary/aromatic N) is 3. The molecule has 3 fully saturated rings. The van der Waals surface area contributed by atoms with Gasteiger partial charge in [0.2, 0.25) is 5.91 Å². The van der Waals surface area contributed by atoms with Crippen molar-refractivity contribution in [3.8, 4) is 0 Å². The summed E-state index contributed by atoms with van der Waals surface area (Å²) in [6.45, 7) is 2.08. The third kappa shape index (κ3) is 6.26. The monoisotopic (exact) mass is 530 g/mol. The molecule has 4 heterocycles. The Kier molecular flexibility index (Phi) is 7.16. The van der Waals surface area contributed by atoms with Gasteiger partial charge < -0.3 is 25.1 Å². The number of aromatic nitrogens is 3. The van der Waals surface area contributed by atoms with Gasteiger partial charge in [-0.25, -0.2) is 9.97 Å². The first kappa shape index (κ1) is 24.7. The first-order valence-corrected chi connectivity index (χ1v) is 13.6. The summed E-state index contributed by atoms with van der Waals surface area (Å²) in [5, 5.41) is 10.7. The molecule has 0 atom stereocenters. The first-order chi connectivity index (χ1) is 18.6. The van der Waals surface area contributed by atoms with Gasteiger partial charge in [-0.1, -0.05) is 29.8 Å². The fraction of sp³-hybridized carbons (Fsp3) is 0.345. The molecular weight excluding hydrogens is 500 g/mol. The molecule has 4 aromatic rings. The first-order valence-electron chi connectivity index (χ1n) is 13.2. The molecule has 0 spiro atoms. The van der Waals surface area contributed by atoms with Crippen molar-refractivity contribution < 1.29 is 9.53 Å². The topological polar surface area (TPSA) is 92.6 Å². The normalized spacial score (nSPS) is 16.8. The number of nitrogens with one attached hydrogen (secondary N) is 3. The van der Waals surface area contributed by atoms with Crippen LogP contribution in [0.2, 0.25) is 5.02 Å². The molecular formula is C29H31ClN6O2. The third-order valence-electron chi connectivity index (χ3n) is 6.83. The number of halogens is 1. The molecule has 0 bridgehead atoms. The van der Waals surface area contributed by atoms with Gasteiger partial charge in [0.15, 0.2) is 5.65 Å². The Labute approximate surface area is 226 Å². The van der Waals surface area contributed by atoms with Gasteiger partial charge in [0.05, 0.1) is 37.2 Å². The Balaban J connectivity index is 0.000000330. The number of imidazole rings is 1. The van der Waals surface area contributed by atoms with E-state index in [-0.39, 0.29) is 11.8 Å². The Morgan fingerprint density at radius 3 is 2.53 bits per heavy atom. The zero-order chi connectivity index (χ0) is 25.9. The van der Waals surface area contributed by atoms with E-state index >= 15 is 0 Å². The minimum Gasteiger partial charge on any atom is -0.379 e. The molecule has 1 saturated heterocycles. The van der Waals surface area contributed by atoms with Crippen molar-refractivity contribution in [3.63, 3.8) is 0 Å². The standard InChI is InChI=1S/C23H26N6O2.C6H5Cl/c30-23(15-3-4-15)28-21-8-17(5-6-24-21)25-9-18-11-29-10-16(14-1-2-14)7-20(22(29)27-18)26-19-12-31-13-19;7-6-4-2-1-3-5-6/h5-8,10-11,14-15,19,26H,1-4,9,12-13H2,(H2,24,25,28,30);1-5H. The van der Waals surface area contributed by atoms with E-state index in [1.54, 1.807) is 6.20 Å². The Morgan fingerprint density at radius 1 is 1.05 bits per heavy atom. The number of benzene rings is 1. The van der Waals surface area contributed by atoms with Gasteiger partial charge >= 0.3 is 0 Å². The average molecular weight is 531 g/mol. The summed E-state index contributed by atoms with van der Waals surface area (Å²) in [4.78, 5) is 21.1. The van der Waals surface area contributed by atoms with E-state index in [9.17, 15) is 4.79 Å². The van der Waals surface area contributed by atoms with E-state index < -0.39 is 0 Å². The molecule has 0 unspecified atom stereocenters. The highest BCUT2D eigenvalue weighted by Gasteiger charge is 2.30. The second-order valence-corrected chi connectivity index (χ2v) is 10.6. The van der Waals surface area contributed by atoms with Crippen LogP contribution in [0.5, 0.6) is 0 Å². The molecule has 2 saturated carbocycles. The molecule has 7 rings (SSSR count). The average Bonchev–Trinajstić information content (AvgIpc) is 3.82. The summed E-state index contributed by atoms with van der Waals surface area (Å²) in [6.07, 6.45) is 10.5. The number of pyridine rings is 2. The molecule has 196 valence electrons. The van der Waals surface area contributed by atoms with E-state index in [1.165, 1.54) is 18.4 Å². The molecule has 1 aliphatic heterocycles. The molecule has 3 aliphatic rings. The smallest absolute Gasteiger partial charge is 0.228 e. The lowest BCUT2D eigenvalue weighted by Crippen LogP contribution is -2.40. The van der Waals surface area contributed by atoms with Crippen molar-refractivity contribution >= 4 is 40.3 Å². The molecule has 3 N–H and O–H groups in total. The van der Waals surface area contributed by atoms with Crippen molar-refractivity contribution in [2.24, 2.45) is 5.92 Å². The SMILES string of the molecule is Clc1ccccc1.O=C(Nc1cc(NCc2cn3cc(C4CC4)cc(NC4COC4)c3n2)ccn1)C1CC1. The van der Waals surface area contributed by atoms with Gasteiger partial charge in [-0.05, 0) is 61.4 Å². The van der Waals surface area contributed by atoms with E-state index in [1.807, 2.05) is 42.5 Å². The van der Waals surface area contributed by atoms with Gasteiger partial charge in [-0.2, -0.15) is 0 Å². The quantitative estimate of drug-likeness (QED) is 0.270. The van der Waals surface area contributed by atoms with Crippen LogP contribution < -0.4 is 16.0 Å². The maximum atomic E-state index is 12.0. The number of carbonyl (C=O) groups is 1. The zero-order valence-corrected chi connectivity index (χ0v) is 21.8. The summed E-state index contributed by atoms with van der Waals surface area (Å²) < 4.78 is 7.46. The predicted octanol–water partition coefficient (Wildman–Crippen LogP) is 5.72. The summed E-state index contributed by atoms with van der Waals surface area (Å²) in [5.74, 6) is 1.48. The molecule has 8 nitrogen and oxygen atoms in total. The zero-order valence-electron chi connectivity index (χ0n) is 21.1. The predicted molar refractivity (Wildman–Crippen MR) is 150 cm³/mol. The van der Waals surface area contributed by atoms with Crippen LogP contribution in [-0.2, 0) is 16.1 Å². The molecule has 1 amide bonds. The van der Waals surface area contributed by atoms with E-state index in [0.29, 0.717) is 24.3 Å². The minimum atomic E-state index is 0.0633. The summed E-state index contributed by atoms with van der Waals surface area (Å²) in [6, 6.07) is 15.8. The van der Waals surface area contributed by atoms with Gasteiger partial charge in [0.1, 0.15) is 5.82 Å². The number of anilines is 3. The second kappa shape index (κ2) is 11.0. The van der Waals surface area contributed by atoms with Crippen molar-refractivity contribution in [2.75, 3.05) is 29.2 Å². The van der Waals surface area contributed by atoms with Crippen LogP contribution >= 0.6 is 11.6 Å². The van der Waals surface area contributed by atoms with Crippen LogP contribution in [-0.4, -0.2) is 39.5 Å². The number of carbonyl (C=O) groups excluding carboxylic acids is 1. The number of hydrogen-bond donors (Lipinski definition) is 3. The lowest BCUT2D eigenvalue weighted by Gasteiger charge is -2.28. The van der Waals surface area contributed by atoms with Crippen molar-refractivity contribution in [2.45, 2.75) is 44.2 Å². The van der Waals surface area contributed by atoms with E-state index in [4.69, 9.17) is 21.3 Å². The van der Waals surface area contributed by atoms with Gasteiger partial charge in [-0.15, -0.1) is 0 Å². The largest absolute Gasteiger partial charge is 0.379 e. The van der Waals surface area contributed by atoms with Crippen LogP contribution in [0.25, 0.3) is 5.65 Å². The Hall–Kier alpha value is -3.62. The molecule has 1 aromatic carbocycles. The second-order valence-electron chi connectivity index (χ2n) is 10.1. The molecule has 38 heavy (non-hydrogen) atoms. The number of amides is 1. The van der Waals surface area contributed by atoms with Crippen LogP contribution in [0.1, 0.15) is 42.9 Å². The number of rotatable bonds is 8. The number of ether oxygens (including phenoxy) is 1. The van der Waals surface area contributed by atoms with Crippen LogP contribution in [0.4, 0.5) is 17.2 Å². The lowest BCUT2D eigenvalue weighted by molar-refractivity contribution is -0.117. The fourth-order valence-electron chi connectivity index (χ4n) is 4.33. The van der Waals surface area contributed by atoms with Gasteiger partial charge in [0, 0.05) is 41.3 Å². The van der Waals surface area contributed by atoms with E-state index in [0.717, 1.165) is 53.8 Å². The minimum absolute atomic E-state index is 0.0633. The molecule has 9 heteroatoms. The summed E-state index contributed by atoms with van der Waals surface area (Å²) in [5.41, 5.74) is 5.26. The third-order valence-corrected chi connectivity index (χ3v) is 7.09. The highest BCUT2D eigenvalue weighted by atomic mass is 35.5. The number of hydrogen-bond acceptors (Lipinski definition) is 6. The maximum Gasteiger partial charge on any atom is 0.228 e. The molecule has 0 radical (unpaired) electrons. The lowest BCUT2D eigenvalue weighted by atomic mass is 10.1. The van der Waals surface area contributed by atoms with E-state index in [2.05, 4.69) is 43.8 Å². The molecule has 2 aliphatic carbocycles. The van der Waals surface area contributed by atoms with Gasteiger partial charge in [-0.3, -0.25) is 4.79 Å². The Morgan fingerprint density at radius 2 is 1.87 bits per heavy atom. The van der Waals surface area contributed by atoms with Crippen LogP contribution in [0, 0.1) is 5.92 Å². The van der Waals surface area contributed by atoms with Gasteiger partial charge in [0.25, 0.3) is 0 Å². The van der Waals surface area contributed by atoms with Crippen molar-refractivity contribution in [1.29, 1.82) is 0 Å².